The van der Waals surface area contributed by atoms with Crippen LogP contribution in [-0.2, 0) is 37.1 Å². The van der Waals surface area contributed by atoms with Crippen LogP contribution < -0.4 is 4.74 Å². The van der Waals surface area contributed by atoms with Gasteiger partial charge in [0.25, 0.3) is 0 Å². The summed E-state index contributed by atoms with van der Waals surface area (Å²) in [6.45, 7) is 0.434. The van der Waals surface area contributed by atoms with Crippen molar-refractivity contribution < 1.29 is 32.2 Å². The standard InChI is InChI=1S/C36H44O7S/c1-41-35(37)15-9-7-13-32(44(39,40)33-24-21-31(22-25-33)36(38)42-2)23-20-30-12-6-8-14-34(30)43-26-27-16-18-29(19-17-27)28-10-4-3-5-11-28/h6,8,12,14,16-19,21-22,24-25,28,32H,3-5,7,9-11,13,15,20,23,26H2,1-2H3. The van der Waals surface area contributed by atoms with Crippen molar-refractivity contribution in [3.63, 3.8) is 0 Å². The van der Waals surface area contributed by atoms with Crippen LogP contribution in [0.1, 0.15) is 97.2 Å². The van der Waals surface area contributed by atoms with Crippen LogP contribution in [0.15, 0.2) is 77.7 Å². The number of para-hydroxylation sites is 1. The highest BCUT2D eigenvalue weighted by Gasteiger charge is 2.28. The molecule has 1 unspecified atom stereocenters. The molecule has 0 spiro atoms. The van der Waals surface area contributed by atoms with Crippen molar-refractivity contribution in [2.75, 3.05) is 14.2 Å². The number of unbranched alkanes of at least 4 members (excludes halogenated alkanes) is 1. The number of methoxy groups -OCH3 is 2. The molecule has 0 heterocycles. The smallest absolute Gasteiger partial charge is 0.337 e. The normalized spacial score (nSPS) is 14.5. The zero-order valence-electron chi connectivity index (χ0n) is 25.8. The maximum absolute atomic E-state index is 13.8. The molecule has 0 amide bonds. The maximum Gasteiger partial charge on any atom is 0.337 e. The second kappa shape index (κ2) is 16.4. The van der Waals surface area contributed by atoms with Crippen LogP contribution in [0.4, 0.5) is 0 Å². The lowest BCUT2D eigenvalue weighted by molar-refractivity contribution is -0.140. The summed E-state index contributed by atoms with van der Waals surface area (Å²) in [4.78, 5) is 23.6. The summed E-state index contributed by atoms with van der Waals surface area (Å²) in [5, 5.41) is -0.676. The molecule has 0 N–H and O–H groups in total. The Hall–Kier alpha value is -3.65. The number of aryl methyl sites for hydroxylation is 1. The van der Waals surface area contributed by atoms with E-state index in [-0.39, 0.29) is 22.8 Å². The van der Waals surface area contributed by atoms with Crippen molar-refractivity contribution in [1.82, 2.24) is 0 Å². The van der Waals surface area contributed by atoms with Crippen molar-refractivity contribution in [2.45, 2.75) is 93.3 Å². The van der Waals surface area contributed by atoms with Gasteiger partial charge in [0, 0.05) is 6.42 Å². The van der Waals surface area contributed by atoms with Gasteiger partial charge in [0.1, 0.15) is 12.4 Å². The third-order valence-corrected chi connectivity index (χ3v) is 10.9. The van der Waals surface area contributed by atoms with Crippen molar-refractivity contribution in [3.8, 4) is 5.75 Å². The monoisotopic (exact) mass is 620 g/mol. The van der Waals surface area contributed by atoms with Crippen LogP contribution in [0.3, 0.4) is 0 Å². The summed E-state index contributed by atoms with van der Waals surface area (Å²) in [6, 6.07) is 22.4. The van der Waals surface area contributed by atoms with E-state index < -0.39 is 21.1 Å². The summed E-state index contributed by atoms with van der Waals surface area (Å²) in [5.74, 6) is 0.575. The van der Waals surface area contributed by atoms with Crippen LogP contribution in [0.2, 0.25) is 0 Å². The van der Waals surface area contributed by atoms with Crippen molar-refractivity contribution in [2.24, 2.45) is 0 Å². The van der Waals surface area contributed by atoms with E-state index in [1.807, 2.05) is 24.3 Å². The van der Waals surface area contributed by atoms with Gasteiger partial charge < -0.3 is 14.2 Å². The molecule has 3 aromatic rings. The number of carbonyl (C=O) groups excluding carboxylic acids is 2. The van der Waals surface area contributed by atoms with E-state index in [9.17, 15) is 18.0 Å². The highest BCUT2D eigenvalue weighted by atomic mass is 32.2. The van der Waals surface area contributed by atoms with Gasteiger partial charge in [-0.3, -0.25) is 4.79 Å². The van der Waals surface area contributed by atoms with Gasteiger partial charge in [-0.1, -0.05) is 68.1 Å². The van der Waals surface area contributed by atoms with Gasteiger partial charge in [0.05, 0.1) is 29.9 Å². The molecule has 1 aliphatic rings. The van der Waals surface area contributed by atoms with Gasteiger partial charge in [-0.25, -0.2) is 13.2 Å². The van der Waals surface area contributed by atoms with Crippen molar-refractivity contribution >= 4 is 21.8 Å². The molecule has 0 aliphatic heterocycles. The average Bonchev–Trinajstić information content (AvgIpc) is 3.07. The van der Waals surface area contributed by atoms with E-state index in [0.29, 0.717) is 44.6 Å². The minimum absolute atomic E-state index is 0.157. The quantitative estimate of drug-likeness (QED) is 0.127. The van der Waals surface area contributed by atoms with Crippen LogP contribution in [0, 0.1) is 0 Å². The molecule has 0 aromatic heterocycles. The first-order valence-corrected chi connectivity index (χ1v) is 17.1. The van der Waals surface area contributed by atoms with E-state index in [0.717, 1.165) is 16.9 Å². The lowest BCUT2D eigenvalue weighted by Gasteiger charge is -2.22. The fourth-order valence-corrected chi connectivity index (χ4v) is 7.75. The highest BCUT2D eigenvalue weighted by Crippen LogP contribution is 2.33. The molecule has 8 heteroatoms. The molecule has 1 aliphatic carbocycles. The van der Waals surface area contributed by atoms with Crippen LogP contribution in [0.5, 0.6) is 5.75 Å². The molecule has 3 aromatic carbocycles. The fraction of sp³-hybridized carbons (Fsp3) is 0.444. The molecule has 44 heavy (non-hydrogen) atoms. The van der Waals surface area contributed by atoms with Gasteiger partial charge in [0.15, 0.2) is 9.84 Å². The van der Waals surface area contributed by atoms with E-state index in [4.69, 9.17) is 14.2 Å². The molecule has 7 nitrogen and oxygen atoms in total. The Balaban J connectivity index is 1.43. The number of carbonyl (C=O) groups is 2. The number of benzene rings is 3. The van der Waals surface area contributed by atoms with Crippen molar-refractivity contribution in [1.29, 1.82) is 0 Å². The van der Waals surface area contributed by atoms with Crippen molar-refractivity contribution in [3.05, 3.63) is 95.1 Å². The van der Waals surface area contributed by atoms with Gasteiger partial charge >= 0.3 is 11.9 Å². The largest absolute Gasteiger partial charge is 0.489 e. The molecule has 0 radical (unpaired) electrons. The lowest BCUT2D eigenvalue weighted by atomic mass is 9.84. The predicted octanol–water partition coefficient (Wildman–Crippen LogP) is 7.61. The van der Waals surface area contributed by atoms with Gasteiger partial charge in [-0.2, -0.15) is 0 Å². The molecule has 1 atom stereocenters. The van der Waals surface area contributed by atoms with Gasteiger partial charge in [-0.05, 0) is 91.5 Å². The first-order valence-electron chi connectivity index (χ1n) is 15.6. The summed E-state index contributed by atoms with van der Waals surface area (Å²) in [7, 11) is -1.09. The number of hydrogen-bond donors (Lipinski definition) is 0. The third kappa shape index (κ3) is 9.18. The molecular weight excluding hydrogens is 576 g/mol. The third-order valence-electron chi connectivity index (χ3n) is 8.59. The number of esters is 2. The number of rotatable bonds is 15. The molecule has 1 fully saturated rings. The second-order valence-electron chi connectivity index (χ2n) is 11.5. The Morgan fingerprint density at radius 3 is 2.20 bits per heavy atom. The topological polar surface area (TPSA) is 96.0 Å². The summed E-state index contributed by atoms with van der Waals surface area (Å²) >= 11 is 0. The zero-order chi connectivity index (χ0) is 31.4. The summed E-state index contributed by atoms with van der Waals surface area (Å²) in [6.07, 6.45) is 9.14. The Morgan fingerprint density at radius 2 is 1.52 bits per heavy atom. The Morgan fingerprint density at radius 1 is 0.818 bits per heavy atom. The van der Waals surface area contributed by atoms with Gasteiger partial charge in [0.2, 0.25) is 0 Å². The Labute approximate surface area is 261 Å². The minimum Gasteiger partial charge on any atom is -0.489 e. The van der Waals surface area contributed by atoms with E-state index >= 15 is 0 Å². The van der Waals surface area contributed by atoms with Gasteiger partial charge in [-0.15, -0.1) is 0 Å². The zero-order valence-corrected chi connectivity index (χ0v) is 26.7. The van der Waals surface area contributed by atoms with E-state index in [2.05, 4.69) is 24.3 Å². The molecule has 4 rings (SSSR count). The Kier molecular flexibility index (Phi) is 12.4. The first kappa shape index (κ1) is 33.2. The number of hydrogen-bond acceptors (Lipinski definition) is 7. The van der Waals surface area contributed by atoms with E-state index in [1.165, 1.54) is 76.2 Å². The highest BCUT2D eigenvalue weighted by molar-refractivity contribution is 7.92. The Bertz CT molecular complexity index is 1460. The summed E-state index contributed by atoms with van der Waals surface area (Å²) in [5.41, 5.74) is 3.74. The maximum atomic E-state index is 13.8. The van der Waals surface area contributed by atoms with Crippen LogP contribution >= 0.6 is 0 Å². The second-order valence-corrected chi connectivity index (χ2v) is 13.7. The van der Waals surface area contributed by atoms with E-state index in [1.54, 1.807) is 0 Å². The predicted molar refractivity (Wildman–Crippen MR) is 171 cm³/mol. The molecule has 0 bridgehead atoms. The molecule has 1 saturated carbocycles. The molecular formula is C36H44O7S. The fourth-order valence-electron chi connectivity index (χ4n) is 5.94. The number of ether oxygens (including phenoxy) is 3. The molecule has 0 saturated heterocycles. The lowest BCUT2D eigenvalue weighted by Crippen LogP contribution is -2.23. The summed E-state index contributed by atoms with van der Waals surface area (Å²) < 4.78 is 43.3. The van der Waals surface area contributed by atoms with Crippen LogP contribution in [0.25, 0.3) is 0 Å². The SMILES string of the molecule is COC(=O)CCCCC(CCc1ccccc1OCc1ccc(C2CCCCC2)cc1)S(=O)(=O)c1ccc(C(=O)OC)cc1. The first-order chi connectivity index (χ1) is 21.3. The minimum atomic E-state index is -3.72. The average molecular weight is 621 g/mol. The number of sulfone groups is 1. The molecule has 236 valence electrons. The van der Waals surface area contributed by atoms with Crippen LogP contribution in [-0.4, -0.2) is 39.8 Å².